The quantitative estimate of drug-likeness (QED) is 0.870. The molecule has 0 saturated carbocycles. The molecular formula is C14H19FN2O. The van der Waals surface area contributed by atoms with Gasteiger partial charge in [-0.05, 0) is 50.1 Å². The van der Waals surface area contributed by atoms with Gasteiger partial charge in [-0.15, -0.1) is 0 Å². The molecule has 3 nitrogen and oxygen atoms in total. The molecule has 4 heteroatoms. The first-order valence-corrected chi connectivity index (χ1v) is 6.33. The summed E-state index contributed by atoms with van der Waals surface area (Å²) in [5, 5.41) is 3.29. The number of nitrogens with one attached hydrogen (secondary N) is 1. The molecule has 0 bridgehead atoms. The Hall–Kier alpha value is -1.42. The molecule has 1 aromatic carbocycles. The van der Waals surface area contributed by atoms with Crippen molar-refractivity contribution in [1.82, 2.24) is 10.2 Å². The molecule has 2 rings (SSSR count). The van der Waals surface area contributed by atoms with Crippen molar-refractivity contribution in [3.05, 3.63) is 35.1 Å². The number of piperidine rings is 1. The van der Waals surface area contributed by atoms with Gasteiger partial charge < -0.3 is 10.2 Å². The highest BCUT2D eigenvalue weighted by Crippen LogP contribution is 2.15. The van der Waals surface area contributed by atoms with Crippen LogP contribution in [0.4, 0.5) is 4.39 Å². The normalized spacial score (nSPS) is 19.6. The van der Waals surface area contributed by atoms with Gasteiger partial charge in [-0.1, -0.05) is 0 Å². The Morgan fingerprint density at radius 2 is 2.28 bits per heavy atom. The highest BCUT2D eigenvalue weighted by molar-refractivity contribution is 5.94. The van der Waals surface area contributed by atoms with Crippen molar-refractivity contribution < 1.29 is 9.18 Å². The number of halogens is 1. The SMILES string of the molecule is Cc1cc(C(=O)N(C)C2CCCNC2)ccc1F. The van der Waals surface area contributed by atoms with Gasteiger partial charge in [0.15, 0.2) is 0 Å². The summed E-state index contributed by atoms with van der Waals surface area (Å²) < 4.78 is 13.2. The summed E-state index contributed by atoms with van der Waals surface area (Å²) in [6, 6.07) is 4.76. The van der Waals surface area contributed by atoms with Gasteiger partial charge in [-0.25, -0.2) is 4.39 Å². The van der Waals surface area contributed by atoms with E-state index in [0.717, 1.165) is 25.9 Å². The Morgan fingerprint density at radius 1 is 1.50 bits per heavy atom. The van der Waals surface area contributed by atoms with Crippen molar-refractivity contribution in [2.24, 2.45) is 0 Å². The number of benzene rings is 1. The van der Waals surface area contributed by atoms with Crippen molar-refractivity contribution in [2.45, 2.75) is 25.8 Å². The standard InChI is InChI=1S/C14H19FN2O/c1-10-8-11(5-6-13(10)15)14(18)17(2)12-4-3-7-16-9-12/h5-6,8,12,16H,3-4,7,9H2,1-2H3. The minimum absolute atomic E-state index is 0.0354. The highest BCUT2D eigenvalue weighted by Gasteiger charge is 2.22. The first-order valence-electron chi connectivity index (χ1n) is 6.33. The van der Waals surface area contributed by atoms with E-state index in [1.54, 1.807) is 24.0 Å². The summed E-state index contributed by atoms with van der Waals surface area (Å²) in [5.41, 5.74) is 1.07. The van der Waals surface area contributed by atoms with E-state index in [1.807, 2.05) is 7.05 Å². The lowest BCUT2D eigenvalue weighted by Gasteiger charge is -2.31. The van der Waals surface area contributed by atoms with Gasteiger partial charge in [0.2, 0.25) is 0 Å². The summed E-state index contributed by atoms with van der Waals surface area (Å²) in [7, 11) is 1.82. The zero-order valence-corrected chi connectivity index (χ0v) is 10.9. The van der Waals surface area contributed by atoms with Gasteiger partial charge in [0.1, 0.15) is 5.82 Å². The second-order valence-corrected chi connectivity index (χ2v) is 4.88. The molecule has 1 amide bonds. The average molecular weight is 250 g/mol. The summed E-state index contributed by atoms with van der Waals surface area (Å²) in [5.74, 6) is -0.305. The number of hydrogen-bond donors (Lipinski definition) is 1. The second kappa shape index (κ2) is 5.48. The molecule has 1 atom stereocenters. The lowest BCUT2D eigenvalue weighted by molar-refractivity contribution is 0.0708. The smallest absolute Gasteiger partial charge is 0.253 e. The molecule has 1 N–H and O–H groups in total. The molecule has 1 unspecified atom stereocenters. The fourth-order valence-electron chi connectivity index (χ4n) is 2.31. The molecule has 1 aromatic rings. The Labute approximate surface area is 107 Å². The molecule has 0 spiro atoms. The van der Waals surface area contributed by atoms with E-state index in [9.17, 15) is 9.18 Å². The van der Waals surface area contributed by atoms with E-state index in [4.69, 9.17) is 0 Å². The van der Waals surface area contributed by atoms with Crippen LogP contribution in [0.2, 0.25) is 0 Å². The minimum Gasteiger partial charge on any atom is -0.337 e. The number of aryl methyl sites for hydroxylation is 1. The van der Waals surface area contributed by atoms with Crippen LogP contribution in [0.5, 0.6) is 0 Å². The Morgan fingerprint density at radius 3 is 2.89 bits per heavy atom. The van der Waals surface area contributed by atoms with Crippen molar-refractivity contribution >= 4 is 5.91 Å². The predicted octanol–water partition coefficient (Wildman–Crippen LogP) is 1.96. The van der Waals surface area contributed by atoms with Crippen molar-refractivity contribution in [3.8, 4) is 0 Å². The zero-order chi connectivity index (χ0) is 13.1. The number of likely N-dealkylation sites (N-methyl/N-ethyl adjacent to an activating group) is 1. The maximum atomic E-state index is 13.2. The summed E-state index contributed by atoms with van der Waals surface area (Å²) in [6.07, 6.45) is 2.11. The van der Waals surface area contributed by atoms with E-state index in [0.29, 0.717) is 11.1 Å². The summed E-state index contributed by atoms with van der Waals surface area (Å²) in [6.45, 7) is 3.53. The van der Waals surface area contributed by atoms with Crippen LogP contribution in [0.15, 0.2) is 18.2 Å². The molecule has 1 saturated heterocycles. The molecule has 1 aliphatic heterocycles. The highest BCUT2D eigenvalue weighted by atomic mass is 19.1. The number of carbonyl (C=O) groups excluding carboxylic acids is 1. The number of amides is 1. The fraction of sp³-hybridized carbons (Fsp3) is 0.500. The lowest BCUT2D eigenvalue weighted by atomic mass is 10.0. The van der Waals surface area contributed by atoms with E-state index in [-0.39, 0.29) is 17.8 Å². The number of carbonyl (C=O) groups is 1. The second-order valence-electron chi connectivity index (χ2n) is 4.88. The van der Waals surface area contributed by atoms with Crippen LogP contribution in [-0.2, 0) is 0 Å². The topological polar surface area (TPSA) is 32.3 Å². The lowest BCUT2D eigenvalue weighted by Crippen LogP contribution is -2.46. The van der Waals surface area contributed by atoms with Crippen LogP contribution in [0.3, 0.4) is 0 Å². The largest absolute Gasteiger partial charge is 0.337 e. The van der Waals surface area contributed by atoms with Crippen LogP contribution in [-0.4, -0.2) is 37.0 Å². The first-order chi connectivity index (χ1) is 8.59. The molecular weight excluding hydrogens is 231 g/mol. The van der Waals surface area contributed by atoms with Gasteiger partial charge in [-0.2, -0.15) is 0 Å². The molecule has 18 heavy (non-hydrogen) atoms. The van der Waals surface area contributed by atoms with Gasteiger partial charge in [0.25, 0.3) is 5.91 Å². The van der Waals surface area contributed by atoms with Gasteiger partial charge in [-0.3, -0.25) is 4.79 Å². The number of nitrogens with zero attached hydrogens (tertiary/aromatic N) is 1. The number of rotatable bonds is 2. The Balaban J connectivity index is 2.11. The fourth-order valence-corrected chi connectivity index (χ4v) is 2.31. The summed E-state index contributed by atoms with van der Waals surface area (Å²) in [4.78, 5) is 14.0. The minimum atomic E-state index is -0.270. The van der Waals surface area contributed by atoms with Crippen LogP contribution in [0.1, 0.15) is 28.8 Å². The van der Waals surface area contributed by atoms with Crippen molar-refractivity contribution in [1.29, 1.82) is 0 Å². The third kappa shape index (κ3) is 2.70. The van der Waals surface area contributed by atoms with Crippen LogP contribution >= 0.6 is 0 Å². The van der Waals surface area contributed by atoms with E-state index in [1.165, 1.54) is 6.07 Å². The molecule has 1 aliphatic rings. The zero-order valence-electron chi connectivity index (χ0n) is 10.9. The van der Waals surface area contributed by atoms with E-state index < -0.39 is 0 Å². The van der Waals surface area contributed by atoms with Gasteiger partial charge >= 0.3 is 0 Å². The molecule has 0 radical (unpaired) electrons. The molecule has 0 aliphatic carbocycles. The molecule has 98 valence electrons. The van der Waals surface area contributed by atoms with E-state index in [2.05, 4.69) is 5.32 Å². The third-order valence-electron chi connectivity index (χ3n) is 3.54. The Kier molecular flexibility index (Phi) is 3.97. The number of hydrogen-bond acceptors (Lipinski definition) is 2. The predicted molar refractivity (Wildman–Crippen MR) is 69.1 cm³/mol. The summed E-state index contributed by atoms with van der Waals surface area (Å²) >= 11 is 0. The van der Waals surface area contributed by atoms with Crippen LogP contribution in [0.25, 0.3) is 0 Å². The van der Waals surface area contributed by atoms with Crippen molar-refractivity contribution in [3.63, 3.8) is 0 Å². The monoisotopic (exact) mass is 250 g/mol. The van der Waals surface area contributed by atoms with E-state index >= 15 is 0 Å². The van der Waals surface area contributed by atoms with Gasteiger partial charge in [0, 0.05) is 25.2 Å². The first kappa shape index (κ1) is 13.0. The molecule has 1 heterocycles. The Bertz CT molecular complexity index is 441. The van der Waals surface area contributed by atoms with Crippen molar-refractivity contribution in [2.75, 3.05) is 20.1 Å². The van der Waals surface area contributed by atoms with Gasteiger partial charge in [0.05, 0.1) is 0 Å². The average Bonchev–Trinajstić information content (AvgIpc) is 2.41. The molecule has 0 aromatic heterocycles. The van der Waals surface area contributed by atoms with Crippen LogP contribution < -0.4 is 5.32 Å². The van der Waals surface area contributed by atoms with Crippen LogP contribution in [0, 0.1) is 12.7 Å². The maximum Gasteiger partial charge on any atom is 0.253 e. The third-order valence-corrected chi connectivity index (χ3v) is 3.54. The molecule has 1 fully saturated rings. The maximum absolute atomic E-state index is 13.2.